The van der Waals surface area contributed by atoms with Crippen LogP contribution in [0, 0.1) is 30.3 Å². The molecule has 0 aliphatic rings. The van der Waals surface area contributed by atoms with E-state index in [0.29, 0.717) is 0 Å². The fourth-order valence-electron chi connectivity index (χ4n) is 2.45. The van der Waals surface area contributed by atoms with Gasteiger partial charge in [-0.2, -0.15) is 0 Å². The maximum absolute atomic E-state index is 11.4. The molecule has 0 saturated heterocycles. The van der Waals surface area contributed by atoms with Crippen molar-refractivity contribution in [3.8, 4) is 0 Å². The predicted molar refractivity (Wildman–Crippen MR) is 78.4 cm³/mol. The summed E-state index contributed by atoms with van der Waals surface area (Å²) in [6.45, 7) is 0. The van der Waals surface area contributed by atoms with Gasteiger partial charge in [0, 0.05) is 0 Å². The lowest BCUT2D eigenvalue weighted by Crippen LogP contribution is -2.57. The second-order valence-corrected chi connectivity index (χ2v) is 4.71. The van der Waals surface area contributed by atoms with Gasteiger partial charge in [0.25, 0.3) is 0 Å². The minimum Gasteiger partial charge on any atom is -0.253 e. The van der Waals surface area contributed by atoms with Crippen LogP contribution in [0.25, 0.3) is 0 Å². The van der Waals surface area contributed by atoms with Crippen molar-refractivity contribution in [1.82, 2.24) is 0 Å². The summed E-state index contributed by atoms with van der Waals surface area (Å²) in [4.78, 5) is 29.9. The lowest BCUT2D eigenvalue weighted by Gasteiger charge is -2.19. The van der Waals surface area contributed by atoms with Crippen LogP contribution in [0.1, 0.15) is 17.0 Å². The van der Waals surface area contributed by atoms with Crippen molar-refractivity contribution in [1.29, 1.82) is 0 Å². The highest BCUT2D eigenvalue weighted by molar-refractivity contribution is 5.33. The summed E-state index contributed by atoms with van der Waals surface area (Å²) in [5.41, 5.74) is 0.229. The topological polar surface area (TPSA) is 129 Å². The zero-order chi connectivity index (χ0) is 17.0. The van der Waals surface area contributed by atoms with Gasteiger partial charge in [-0.15, -0.1) is 0 Å². The molecule has 0 aliphatic heterocycles. The van der Waals surface area contributed by atoms with E-state index in [1.165, 1.54) is 48.5 Å². The molecule has 118 valence electrons. The molecule has 0 aliphatic carbocycles. The number of hydrogen-bond donors (Lipinski definition) is 0. The minimum absolute atomic E-state index is 0.115. The summed E-state index contributed by atoms with van der Waals surface area (Å²) in [5, 5.41) is 34.2. The van der Waals surface area contributed by atoms with Crippen molar-refractivity contribution in [2.45, 2.75) is 11.7 Å². The quantitative estimate of drug-likeness (QED) is 0.456. The third kappa shape index (κ3) is 2.59. The van der Waals surface area contributed by atoms with Crippen LogP contribution in [0.4, 0.5) is 0 Å². The molecule has 0 heterocycles. The minimum atomic E-state index is -3.61. The smallest absolute Gasteiger partial charge is 0.253 e. The van der Waals surface area contributed by atoms with Crippen LogP contribution in [0.15, 0.2) is 60.7 Å². The molecule has 2 aromatic carbocycles. The summed E-state index contributed by atoms with van der Waals surface area (Å²) in [6.07, 6.45) is 0. The van der Waals surface area contributed by atoms with E-state index in [1.54, 1.807) is 12.1 Å². The van der Waals surface area contributed by atoms with Gasteiger partial charge < -0.3 is 0 Å². The molecule has 2 rings (SSSR count). The molecule has 0 radical (unpaired) electrons. The van der Waals surface area contributed by atoms with Crippen LogP contribution in [0.5, 0.6) is 0 Å². The van der Waals surface area contributed by atoms with E-state index in [1.807, 2.05) is 0 Å². The first-order valence-electron chi connectivity index (χ1n) is 6.45. The Hall–Kier alpha value is -3.36. The number of nitrogens with zero attached hydrogens (tertiary/aromatic N) is 3. The van der Waals surface area contributed by atoms with Crippen LogP contribution < -0.4 is 0 Å². The van der Waals surface area contributed by atoms with Crippen LogP contribution in [0.3, 0.4) is 0 Å². The Morgan fingerprint density at radius 1 is 0.652 bits per heavy atom. The molecule has 9 heteroatoms. The van der Waals surface area contributed by atoms with Crippen LogP contribution >= 0.6 is 0 Å². The molecule has 0 unspecified atom stereocenters. The van der Waals surface area contributed by atoms with Crippen LogP contribution in [-0.2, 0) is 0 Å². The zero-order valence-corrected chi connectivity index (χ0v) is 11.6. The number of hydrogen-bond acceptors (Lipinski definition) is 6. The summed E-state index contributed by atoms with van der Waals surface area (Å²) in [7, 11) is 0. The second-order valence-electron chi connectivity index (χ2n) is 4.71. The van der Waals surface area contributed by atoms with Gasteiger partial charge in [-0.05, 0) is 11.1 Å². The van der Waals surface area contributed by atoms with Crippen molar-refractivity contribution < 1.29 is 14.8 Å². The Labute approximate surface area is 129 Å². The van der Waals surface area contributed by atoms with Crippen molar-refractivity contribution in [2.24, 2.45) is 0 Å². The van der Waals surface area contributed by atoms with E-state index < -0.39 is 26.5 Å². The van der Waals surface area contributed by atoms with Gasteiger partial charge in [0.05, 0.1) is 0 Å². The average molecular weight is 317 g/mol. The van der Waals surface area contributed by atoms with Gasteiger partial charge in [-0.25, -0.2) is 0 Å². The predicted octanol–water partition coefficient (Wildman–Crippen LogP) is 2.30. The molecule has 0 spiro atoms. The lowest BCUT2D eigenvalue weighted by atomic mass is 9.85. The molecule has 2 aromatic rings. The molecule has 0 saturated carbocycles. The van der Waals surface area contributed by atoms with E-state index in [-0.39, 0.29) is 11.1 Å². The zero-order valence-electron chi connectivity index (χ0n) is 11.6. The van der Waals surface area contributed by atoms with Crippen molar-refractivity contribution in [3.63, 3.8) is 0 Å². The molecule has 0 atom stereocenters. The Balaban J connectivity index is 2.81. The summed E-state index contributed by atoms with van der Waals surface area (Å²) in [5.74, 6) is -5.28. The van der Waals surface area contributed by atoms with Crippen LogP contribution in [-0.4, -0.2) is 20.6 Å². The van der Waals surface area contributed by atoms with Crippen LogP contribution in [0.2, 0.25) is 0 Å². The highest BCUT2D eigenvalue weighted by Crippen LogP contribution is 2.38. The maximum atomic E-state index is 11.4. The van der Waals surface area contributed by atoms with E-state index in [4.69, 9.17) is 0 Å². The number of rotatable bonds is 6. The van der Waals surface area contributed by atoms with Gasteiger partial charge in [-0.3, -0.25) is 30.3 Å². The second kappa shape index (κ2) is 6.18. The fourth-order valence-corrected chi connectivity index (χ4v) is 2.45. The summed E-state index contributed by atoms with van der Waals surface area (Å²) in [6, 6.07) is 14.8. The van der Waals surface area contributed by atoms with Crippen molar-refractivity contribution in [2.75, 3.05) is 0 Å². The van der Waals surface area contributed by atoms with Gasteiger partial charge in [-0.1, -0.05) is 60.7 Å². The summed E-state index contributed by atoms with van der Waals surface area (Å²) >= 11 is 0. The normalized spacial score (nSPS) is 11.2. The number of benzene rings is 2. The number of nitro groups is 3. The monoisotopic (exact) mass is 317 g/mol. The SMILES string of the molecule is O=[N+]([O-])C(C(c1ccccc1)c1ccccc1)([N+](=O)[O-])[N+](=O)[O-]. The Bertz CT molecular complexity index is 659. The molecule has 0 bridgehead atoms. The molecular weight excluding hydrogens is 306 g/mol. The molecule has 0 amide bonds. The van der Waals surface area contributed by atoms with E-state index in [2.05, 4.69) is 0 Å². The molecule has 0 fully saturated rings. The average Bonchev–Trinajstić information content (AvgIpc) is 2.52. The van der Waals surface area contributed by atoms with Gasteiger partial charge in [0.15, 0.2) is 14.8 Å². The van der Waals surface area contributed by atoms with E-state index in [0.717, 1.165) is 0 Å². The Morgan fingerprint density at radius 2 is 0.957 bits per heavy atom. The third-order valence-electron chi connectivity index (χ3n) is 3.46. The van der Waals surface area contributed by atoms with Gasteiger partial charge in [0.2, 0.25) is 5.92 Å². The molecule has 0 N–H and O–H groups in total. The highest BCUT2D eigenvalue weighted by Gasteiger charge is 2.77. The molecule has 0 aromatic heterocycles. The highest BCUT2D eigenvalue weighted by atomic mass is 16.7. The molecule has 9 nitrogen and oxygen atoms in total. The molecule has 23 heavy (non-hydrogen) atoms. The van der Waals surface area contributed by atoms with E-state index in [9.17, 15) is 30.3 Å². The summed E-state index contributed by atoms with van der Waals surface area (Å²) < 4.78 is 0. The maximum Gasteiger partial charge on any atom is 0.710 e. The lowest BCUT2D eigenvalue weighted by molar-refractivity contribution is -0.972. The van der Waals surface area contributed by atoms with Gasteiger partial charge in [0.1, 0.15) is 0 Å². The van der Waals surface area contributed by atoms with Crippen molar-refractivity contribution in [3.05, 3.63) is 102 Å². The standard InChI is InChI=1S/C14H11N3O6/c18-15(19)14(16(20)21,17(22)23)13(11-7-3-1-4-8-11)12-9-5-2-6-10-12/h1-10,13H. The first-order valence-corrected chi connectivity index (χ1v) is 6.45. The first-order chi connectivity index (χ1) is 10.9. The van der Waals surface area contributed by atoms with Crippen molar-refractivity contribution >= 4 is 0 Å². The third-order valence-corrected chi connectivity index (χ3v) is 3.46. The molecular formula is C14H11N3O6. The van der Waals surface area contributed by atoms with Gasteiger partial charge >= 0.3 is 5.79 Å². The Kier molecular flexibility index (Phi) is 4.30. The first kappa shape index (κ1) is 16.0. The van der Waals surface area contributed by atoms with E-state index >= 15 is 0 Å². The largest absolute Gasteiger partial charge is 0.710 e. The Morgan fingerprint density at radius 3 is 1.22 bits per heavy atom. The fraction of sp³-hybridized carbons (Fsp3) is 0.143.